The molecule has 1 aromatic rings. The van der Waals surface area contributed by atoms with Crippen LogP contribution in [0.15, 0.2) is 0 Å². The number of rotatable bonds is 5. The predicted molar refractivity (Wildman–Crippen MR) is 71.3 cm³/mol. The molecule has 1 aliphatic rings. The second-order valence-corrected chi connectivity index (χ2v) is 4.16. The van der Waals surface area contributed by atoms with Gasteiger partial charge in [0.1, 0.15) is 6.54 Å². The second kappa shape index (κ2) is 6.17. The first kappa shape index (κ1) is 13.3. The van der Waals surface area contributed by atoms with Crippen molar-refractivity contribution in [2.75, 3.05) is 49.3 Å². The number of esters is 1. The van der Waals surface area contributed by atoms with E-state index in [1.807, 2.05) is 0 Å². The number of aromatic nitrogens is 3. The summed E-state index contributed by atoms with van der Waals surface area (Å²) in [6.07, 6.45) is 2.29. The molecule has 2 N–H and O–H groups in total. The van der Waals surface area contributed by atoms with Gasteiger partial charge in [0, 0.05) is 20.1 Å². The van der Waals surface area contributed by atoms with E-state index in [1.54, 1.807) is 7.05 Å². The van der Waals surface area contributed by atoms with E-state index < -0.39 is 0 Å². The van der Waals surface area contributed by atoms with E-state index in [-0.39, 0.29) is 12.5 Å². The number of nitrogens with zero attached hydrogens (tertiary/aromatic N) is 4. The third-order valence-electron chi connectivity index (χ3n) is 2.85. The molecule has 1 fully saturated rings. The molecule has 0 radical (unpaired) electrons. The van der Waals surface area contributed by atoms with Gasteiger partial charge in [-0.1, -0.05) is 0 Å². The van der Waals surface area contributed by atoms with Crippen molar-refractivity contribution in [1.82, 2.24) is 15.0 Å². The molecule has 8 nitrogen and oxygen atoms in total. The molecular weight excluding hydrogens is 248 g/mol. The number of carbonyl (C=O) groups is 1. The first-order valence-corrected chi connectivity index (χ1v) is 6.22. The molecule has 2 rings (SSSR count). The number of methoxy groups -OCH3 is 1. The Kier molecular flexibility index (Phi) is 4.32. The summed E-state index contributed by atoms with van der Waals surface area (Å²) in [5.41, 5.74) is 0. The van der Waals surface area contributed by atoms with Crippen molar-refractivity contribution >= 4 is 23.8 Å². The smallest absolute Gasteiger partial charge is 0.325 e. The summed E-state index contributed by atoms with van der Waals surface area (Å²) in [5.74, 6) is 1.11. The van der Waals surface area contributed by atoms with Gasteiger partial charge in [0.25, 0.3) is 0 Å². The molecule has 0 bridgehead atoms. The molecule has 0 atom stereocenters. The molecule has 8 heteroatoms. The van der Waals surface area contributed by atoms with Crippen LogP contribution in [0.4, 0.5) is 17.8 Å². The molecule has 1 saturated heterocycles. The van der Waals surface area contributed by atoms with Crippen molar-refractivity contribution in [1.29, 1.82) is 0 Å². The van der Waals surface area contributed by atoms with E-state index in [0.717, 1.165) is 25.9 Å². The summed E-state index contributed by atoms with van der Waals surface area (Å²) in [7, 11) is 3.08. The zero-order valence-electron chi connectivity index (χ0n) is 11.1. The molecule has 104 valence electrons. The summed E-state index contributed by atoms with van der Waals surface area (Å²) in [5, 5.41) is 5.72. The average Bonchev–Trinajstić information content (AvgIpc) is 2.98. The van der Waals surface area contributed by atoms with Crippen molar-refractivity contribution in [2.45, 2.75) is 12.8 Å². The Morgan fingerprint density at radius 3 is 2.58 bits per heavy atom. The first-order valence-electron chi connectivity index (χ1n) is 6.22. The molecule has 1 aromatic heterocycles. The summed E-state index contributed by atoms with van der Waals surface area (Å²) in [4.78, 5) is 26.0. The van der Waals surface area contributed by atoms with Crippen LogP contribution in [0.25, 0.3) is 0 Å². The van der Waals surface area contributed by atoms with Gasteiger partial charge < -0.3 is 20.3 Å². The Morgan fingerprint density at radius 2 is 1.95 bits per heavy atom. The second-order valence-electron chi connectivity index (χ2n) is 4.16. The lowest BCUT2D eigenvalue weighted by Crippen LogP contribution is -2.23. The molecule has 0 unspecified atom stereocenters. The van der Waals surface area contributed by atoms with Gasteiger partial charge in [-0.25, -0.2) is 0 Å². The standard InChI is InChI=1S/C11H18N6O2/c1-12-9-14-10(13-7-8(18)19-2)16-11(15-9)17-5-3-4-6-17/h3-7H2,1-2H3,(H2,12,13,14,15,16). The fraction of sp³-hybridized carbons (Fsp3) is 0.636. The zero-order chi connectivity index (χ0) is 13.7. The molecule has 2 heterocycles. The van der Waals surface area contributed by atoms with Gasteiger partial charge in [0.05, 0.1) is 7.11 Å². The van der Waals surface area contributed by atoms with Gasteiger partial charge in [-0.15, -0.1) is 0 Å². The molecule has 0 aliphatic carbocycles. The highest BCUT2D eigenvalue weighted by molar-refractivity contribution is 5.74. The maximum absolute atomic E-state index is 11.1. The summed E-state index contributed by atoms with van der Waals surface area (Å²) < 4.78 is 4.56. The lowest BCUT2D eigenvalue weighted by molar-refractivity contribution is -0.138. The maximum atomic E-state index is 11.1. The lowest BCUT2D eigenvalue weighted by Gasteiger charge is -2.16. The Balaban J connectivity index is 2.13. The van der Waals surface area contributed by atoms with Gasteiger partial charge in [0.2, 0.25) is 17.8 Å². The van der Waals surface area contributed by atoms with Crippen molar-refractivity contribution < 1.29 is 9.53 Å². The molecule has 0 saturated carbocycles. The molecule has 19 heavy (non-hydrogen) atoms. The van der Waals surface area contributed by atoms with Gasteiger partial charge >= 0.3 is 5.97 Å². The lowest BCUT2D eigenvalue weighted by atomic mass is 10.4. The Labute approximate surface area is 111 Å². The van der Waals surface area contributed by atoms with Gasteiger partial charge in [0.15, 0.2) is 0 Å². The van der Waals surface area contributed by atoms with E-state index in [0.29, 0.717) is 17.8 Å². The van der Waals surface area contributed by atoms with Gasteiger partial charge in [-0.2, -0.15) is 15.0 Å². The van der Waals surface area contributed by atoms with E-state index >= 15 is 0 Å². The minimum Gasteiger partial charge on any atom is -0.468 e. The first-order chi connectivity index (χ1) is 9.22. The number of hydrogen-bond acceptors (Lipinski definition) is 8. The van der Waals surface area contributed by atoms with Crippen LogP contribution in [0.1, 0.15) is 12.8 Å². The van der Waals surface area contributed by atoms with Crippen LogP contribution in [-0.4, -0.2) is 54.7 Å². The molecular formula is C11H18N6O2. The number of hydrogen-bond donors (Lipinski definition) is 2. The highest BCUT2D eigenvalue weighted by Gasteiger charge is 2.17. The minimum atomic E-state index is -0.367. The maximum Gasteiger partial charge on any atom is 0.325 e. The van der Waals surface area contributed by atoms with Crippen LogP contribution in [-0.2, 0) is 9.53 Å². The number of anilines is 3. The topological polar surface area (TPSA) is 92.3 Å². The Bertz CT molecular complexity index is 447. The van der Waals surface area contributed by atoms with Crippen LogP contribution in [0.5, 0.6) is 0 Å². The largest absolute Gasteiger partial charge is 0.468 e. The molecule has 1 aliphatic heterocycles. The van der Waals surface area contributed by atoms with E-state index in [2.05, 4.69) is 35.2 Å². The van der Waals surface area contributed by atoms with Crippen LogP contribution in [0, 0.1) is 0 Å². The molecule has 0 aromatic carbocycles. The van der Waals surface area contributed by atoms with Crippen molar-refractivity contribution in [3.8, 4) is 0 Å². The summed E-state index contributed by atoms with van der Waals surface area (Å²) in [6, 6.07) is 0. The fourth-order valence-corrected chi connectivity index (χ4v) is 1.84. The third-order valence-corrected chi connectivity index (χ3v) is 2.85. The number of ether oxygens (including phenoxy) is 1. The van der Waals surface area contributed by atoms with E-state index in [9.17, 15) is 4.79 Å². The van der Waals surface area contributed by atoms with Crippen LogP contribution < -0.4 is 15.5 Å². The summed E-state index contributed by atoms with van der Waals surface area (Å²) in [6.45, 7) is 1.93. The van der Waals surface area contributed by atoms with Crippen molar-refractivity contribution in [3.05, 3.63) is 0 Å². The third kappa shape index (κ3) is 3.43. The van der Waals surface area contributed by atoms with E-state index in [4.69, 9.17) is 0 Å². The zero-order valence-corrected chi connectivity index (χ0v) is 11.1. The monoisotopic (exact) mass is 266 g/mol. The van der Waals surface area contributed by atoms with Gasteiger partial charge in [-0.3, -0.25) is 4.79 Å². The fourth-order valence-electron chi connectivity index (χ4n) is 1.84. The van der Waals surface area contributed by atoms with Crippen molar-refractivity contribution in [3.63, 3.8) is 0 Å². The summed E-state index contributed by atoms with van der Waals surface area (Å²) >= 11 is 0. The quantitative estimate of drug-likeness (QED) is 0.725. The number of carbonyl (C=O) groups excluding carboxylic acids is 1. The van der Waals surface area contributed by atoms with Crippen molar-refractivity contribution in [2.24, 2.45) is 0 Å². The molecule has 0 spiro atoms. The average molecular weight is 266 g/mol. The normalized spacial score (nSPS) is 14.3. The predicted octanol–water partition coefficient (Wildman–Crippen LogP) is 0.0984. The van der Waals surface area contributed by atoms with E-state index in [1.165, 1.54) is 7.11 Å². The Hall–Kier alpha value is -2.12. The molecule has 0 amide bonds. The van der Waals surface area contributed by atoms with Gasteiger partial charge in [-0.05, 0) is 12.8 Å². The minimum absolute atomic E-state index is 0.0309. The van der Waals surface area contributed by atoms with Crippen LogP contribution in [0.3, 0.4) is 0 Å². The van der Waals surface area contributed by atoms with Crippen LogP contribution >= 0.6 is 0 Å². The number of nitrogens with one attached hydrogen (secondary N) is 2. The highest BCUT2D eigenvalue weighted by Crippen LogP contribution is 2.18. The Morgan fingerprint density at radius 1 is 1.26 bits per heavy atom. The highest BCUT2D eigenvalue weighted by atomic mass is 16.5. The van der Waals surface area contributed by atoms with Crippen LogP contribution in [0.2, 0.25) is 0 Å². The SMILES string of the molecule is CNc1nc(NCC(=O)OC)nc(N2CCCC2)n1.